The largest absolute Gasteiger partial charge is 0.385 e. The highest BCUT2D eigenvalue weighted by atomic mass is 16.3. The maximum Gasteiger partial charge on any atom is 0.0897 e. The number of rotatable bonds is 3. The zero-order valence-corrected chi connectivity index (χ0v) is 12.0. The zero-order chi connectivity index (χ0) is 13.2. The van der Waals surface area contributed by atoms with Gasteiger partial charge in [-0.05, 0) is 48.6 Å². The van der Waals surface area contributed by atoms with Crippen molar-refractivity contribution in [3.63, 3.8) is 0 Å². The van der Waals surface area contributed by atoms with E-state index in [4.69, 9.17) is 0 Å². The second kappa shape index (κ2) is 5.05. The van der Waals surface area contributed by atoms with Gasteiger partial charge in [-0.15, -0.1) is 0 Å². The summed E-state index contributed by atoms with van der Waals surface area (Å²) in [5.41, 5.74) is 2.30. The van der Waals surface area contributed by atoms with Crippen molar-refractivity contribution in [3.05, 3.63) is 35.4 Å². The molecular weight excluding hydrogens is 220 g/mol. The molecular formula is C17H26O. The Hall–Kier alpha value is -0.820. The van der Waals surface area contributed by atoms with Crippen LogP contribution in [0.4, 0.5) is 0 Å². The Morgan fingerprint density at radius 2 is 1.56 bits per heavy atom. The van der Waals surface area contributed by atoms with Crippen molar-refractivity contribution in [2.45, 2.75) is 64.9 Å². The minimum Gasteiger partial charge on any atom is -0.385 e. The summed E-state index contributed by atoms with van der Waals surface area (Å²) in [6.45, 7) is 6.80. The normalized spacial score (nSPS) is 21.8. The lowest BCUT2D eigenvalue weighted by Gasteiger charge is -2.40. The van der Waals surface area contributed by atoms with Gasteiger partial charge in [0.1, 0.15) is 0 Å². The van der Waals surface area contributed by atoms with Gasteiger partial charge in [-0.2, -0.15) is 0 Å². The average molecular weight is 246 g/mol. The van der Waals surface area contributed by atoms with Gasteiger partial charge in [0.2, 0.25) is 0 Å². The molecule has 0 spiro atoms. The third kappa shape index (κ3) is 2.95. The van der Waals surface area contributed by atoms with Gasteiger partial charge in [0, 0.05) is 0 Å². The molecule has 100 valence electrons. The summed E-state index contributed by atoms with van der Waals surface area (Å²) >= 11 is 0. The summed E-state index contributed by atoms with van der Waals surface area (Å²) in [5.74, 6) is 0. The van der Waals surface area contributed by atoms with Gasteiger partial charge in [0.25, 0.3) is 0 Å². The topological polar surface area (TPSA) is 20.2 Å². The van der Waals surface area contributed by atoms with Crippen LogP contribution in [0.2, 0.25) is 0 Å². The van der Waals surface area contributed by atoms with Crippen LogP contribution in [-0.2, 0) is 12.0 Å². The Bertz CT molecular complexity index is 379. The van der Waals surface area contributed by atoms with Crippen LogP contribution in [-0.4, -0.2) is 5.11 Å². The molecule has 1 aliphatic rings. The van der Waals surface area contributed by atoms with E-state index in [1.54, 1.807) is 0 Å². The summed E-state index contributed by atoms with van der Waals surface area (Å²) in [6, 6.07) is 8.61. The predicted octanol–water partition coefficient (Wildman–Crippen LogP) is 4.43. The SMILES string of the molecule is CCCc1ccc(C2(O)CCC(C)(C)CC2)cc1. The van der Waals surface area contributed by atoms with Gasteiger partial charge in [0.15, 0.2) is 0 Å². The summed E-state index contributed by atoms with van der Waals surface area (Å²) in [6.07, 6.45) is 6.32. The lowest BCUT2D eigenvalue weighted by Crippen LogP contribution is -2.34. The monoisotopic (exact) mass is 246 g/mol. The number of hydrogen-bond donors (Lipinski definition) is 1. The van der Waals surface area contributed by atoms with E-state index in [0.717, 1.165) is 37.7 Å². The smallest absolute Gasteiger partial charge is 0.0897 e. The van der Waals surface area contributed by atoms with Crippen LogP contribution >= 0.6 is 0 Å². The van der Waals surface area contributed by atoms with Crippen molar-refractivity contribution in [1.29, 1.82) is 0 Å². The Kier molecular flexibility index (Phi) is 3.82. The first-order valence-corrected chi connectivity index (χ1v) is 7.27. The van der Waals surface area contributed by atoms with Crippen molar-refractivity contribution >= 4 is 0 Å². The van der Waals surface area contributed by atoms with Crippen molar-refractivity contribution in [2.24, 2.45) is 5.41 Å². The second-order valence-corrected chi connectivity index (χ2v) is 6.64. The molecule has 0 amide bonds. The highest BCUT2D eigenvalue weighted by Gasteiger charge is 2.37. The molecule has 1 aromatic carbocycles. The Morgan fingerprint density at radius 1 is 1.00 bits per heavy atom. The van der Waals surface area contributed by atoms with Crippen molar-refractivity contribution in [2.75, 3.05) is 0 Å². The quantitative estimate of drug-likeness (QED) is 0.836. The molecule has 0 saturated heterocycles. The highest BCUT2D eigenvalue weighted by Crippen LogP contribution is 2.44. The maximum atomic E-state index is 10.8. The van der Waals surface area contributed by atoms with Gasteiger partial charge in [-0.3, -0.25) is 0 Å². The minimum atomic E-state index is -0.583. The third-order valence-electron chi connectivity index (χ3n) is 4.46. The maximum absolute atomic E-state index is 10.8. The van der Waals surface area contributed by atoms with Crippen LogP contribution < -0.4 is 0 Å². The first-order valence-electron chi connectivity index (χ1n) is 7.27. The van der Waals surface area contributed by atoms with Crippen molar-refractivity contribution < 1.29 is 5.11 Å². The first kappa shape index (κ1) is 13.6. The van der Waals surface area contributed by atoms with Crippen LogP contribution in [0, 0.1) is 5.41 Å². The van der Waals surface area contributed by atoms with Crippen LogP contribution in [0.15, 0.2) is 24.3 Å². The van der Waals surface area contributed by atoms with Crippen LogP contribution in [0.5, 0.6) is 0 Å². The van der Waals surface area contributed by atoms with Crippen LogP contribution in [0.1, 0.15) is 64.0 Å². The molecule has 1 aromatic rings. The number of aliphatic hydroxyl groups is 1. The molecule has 0 heterocycles. The molecule has 0 aromatic heterocycles. The van der Waals surface area contributed by atoms with E-state index in [2.05, 4.69) is 45.0 Å². The number of benzene rings is 1. The zero-order valence-electron chi connectivity index (χ0n) is 12.0. The summed E-state index contributed by atoms with van der Waals surface area (Å²) < 4.78 is 0. The van der Waals surface area contributed by atoms with Gasteiger partial charge in [0.05, 0.1) is 5.60 Å². The van der Waals surface area contributed by atoms with Gasteiger partial charge >= 0.3 is 0 Å². The summed E-state index contributed by atoms with van der Waals surface area (Å²) in [5, 5.41) is 10.8. The molecule has 0 unspecified atom stereocenters. The van der Waals surface area contributed by atoms with E-state index in [1.807, 2.05) is 0 Å². The van der Waals surface area contributed by atoms with Gasteiger partial charge < -0.3 is 5.11 Å². The van der Waals surface area contributed by atoms with E-state index < -0.39 is 5.60 Å². The molecule has 1 heteroatoms. The van der Waals surface area contributed by atoms with E-state index in [9.17, 15) is 5.11 Å². The van der Waals surface area contributed by atoms with Crippen LogP contribution in [0.3, 0.4) is 0 Å². The minimum absolute atomic E-state index is 0.397. The Labute approximate surface area is 111 Å². The Balaban J connectivity index is 2.11. The number of aryl methyl sites for hydroxylation is 1. The van der Waals surface area contributed by atoms with E-state index in [1.165, 1.54) is 12.0 Å². The van der Waals surface area contributed by atoms with Crippen LogP contribution in [0.25, 0.3) is 0 Å². The molecule has 1 saturated carbocycles. The lowest BCUT2D eigenvalue weighted by atomic mass is 9.69. The summed E-state index contributed by atoms with van der Waals surface area (Å²) in [7, 11) is 0. The van der Waals surface area contributed by atoms with E-state index in [-0.39, 0.29) is 0 Å². The number of hydrogen-bond acceptors (Lipinski definition) is 1. The predicted molar refractivity (Wildman–Crippen MR) is 76.6 cm³/mol. The first-order chi connectivity index (χ1) is 8.45. The third-order valence-corrected chi connectivity index (χ3v) is 4.46. The lowest BCUT2D eigenvalue weighted by molar-refractivity contribution is -0.0305. The standard InChI is InChI=1S/C17H26O/c1-4-5-14-6-8-15(9-7-14)17(18)12-10-16(2,3)11-13-17/h6-9,18H,4-5,10-13H2,1-3H3. The second-order valence-electron chi connectivity index (χ2n) is 6.64. The fraction of sp³-hybridized carbons (Fsp3) is 0.647. The molecule has 1 fully saturated rings. The van der Waals surface area contributed by atoms with E-state index >= 15 is 0 Å². The molecule has 1 nitrogen and oxygen atoms in total. The molecule has 0 aliphatic heterocycles. The fourth-order valence-corrected chi connectivity index (χ4v) is 2.90. The average Bonchev–Trinajstić information content (AvgIpc) is 2.35. The van der Waals surface area contributed by atoms with Crippen molar-refractivity contribution in [1.82, 2.24) is 0 Å². The molecule has 18 heavy (non-hydrogen) atoms. The van der Waals surface area contributed by atoms with Gasteiger partial charge in [-0.1, -0.05) is 51.5 Å². The van der Waals surface area contributed by atoms with Crippen molar-refractivity contribution in [3.8, 4) is 0 Å². The molecule has 0 atom stereocenters. The summed E-state index contributed by atoms with van der Waals surface area (Å²) in [4.78, 5) is 0. The van der Waals surface area contributed by atoms with E-state index in [0.29, 0.717) is 5.41 Å². The molecule has 1 aliphatic carbocycles. The molecule has 0 bridgehead atoms. The molecule has 2 rings (SSSR count). The van der Waals surface area contributed by atoms with Gasteiger partial charge in [-0.25, -0.2) is 0 Å². The highest BCUT2D eigenvalue weighted by molar-refractivity contribution is 5.28. The fourth-order valence-electron chi connectivity index (χ4n) is 2.90. The molecule has 1 N–H and O–H groups in total. The molecule has 0 radical (unpaired) electrons. The Morgan fingerprint density at radius 3 is 2.06 bits per heavy atom.